The van der Waals surface area contributed by atoms with E-state index in [2.05, 4.69) is 4.90 Å². The summed E-state index contributed by atoms with van der Waals surface area (Å²) >= 11 is 1.92. The second-order valence-electron chi connectivity index (χ2n) is 9.61. The van der Waals surface area contributed by atoms with E-state index in [4.69, 9.17) is 4.74 Å². The number of hydrogen-bond acceptors (Lipinski definition) is 5. The summed E-state index contributed by atoms with van der Waals surface area (Å²) in [5.41, 5.74) is 2.46. The molecule has 0 spiro atoms. The van der Waals surface area contributed by atoms with Gasteiger partial charge in [-0.25, -0.2) is 8.42 Å². The Balaban J connectivity index is 1.24. The number of sulfonamides is 1. The number of aryl methyl sites for hydroxylation is 2. The predicted molar refractivity (Wildman–Crippen MR) is 126 cm³/mol. The Labute approximate surface area is 196 Å². The quantitative estimate of drug-likeness (QED) is 0.629. The molecule has 2 atom stereocenters. The number of carbonyl (C=O) groups is 1. The van der Waals surface area contributed by atoms with E-state index in [1.807, 2.05) is 23.9 Å². The molecule has 3 fully saturated rings. The largest absolute Gasteiger partial charge is 0.376 e. The third kappa shape index (κ3) is 4.61. The molecular formula is C24H34N2O4S2. The number of benzene rings is 1. The van der Waals surface area contributed by atoms with E-state index in [1.54, 1.807) is 10.4 Å². The maximum Gasteiger partial charge on any atom is 0.243 e. The number of amides is 1. The molecule has 6 nitrogen and oxygen atoms in total. The minimum atomic E-state index is -3.50. The molecule has 8 heteroatoms. The van der Waals surface area contributed by atoms with Gasteiger partial charge in [0.05, 0.1) is 11.0 Å². The van der Waals surface area contributed by atoms with Crippen molar-refractivity contribution in [1.29, 1.82) is 0 Å². The van der Waals surface area contributed by atoms with E-state index >= 15 is 0 Å². The van der Waals surface area contributed by atoms with E-state index in [-0.39, 0.29) is 17.9 Å². The van der Waals surface area contributed by atoms with Crippen molar-refractivity contribution in [3.63, 3.8) is 0 Å². The molecule has 0 saturated carbocycles. The van der Waals surface area contributed by atoms with E-state index in [1.165, 1.54) is 11.1 Å². The van der Waals surface area contributed by atoms with Crippen molar-refractivity contribution in [3.8, 4) is 0 Å². The Hall–Kier alpha value is -1.09. The van der Waals surface area contributed by atoms with Crippen LogP contribution in [0.25, 0.3) is 0 Å². The lowest BCUT2D eigenvalue weighted by Gasteiger charge is -2.37. The molecule has 2 unspecified atom stereocenters. The molecule has 32 heavy (non-hydrogen) atoms. The molecule has 3 saturated heterocycles. The van der Waals surface area contributed by atoms with Crippen molar-refractivity contribution in [2.75, 3.05) is 37.7 Å². The first-order chi connectivity index (χ1) is 15.5. The van der Waals surface area contributed by atoms with Gasteiger partial charge >= 0.3 is 0 Å². The lowest BCUT2D eigenvalue weighted by Crippen LogP contribution is -2.50. The summed E-state index contributed by atoms with van der Waals surface area (Å²) in [5, 5.41) is 0. The fourth-order valence-corrected chi connectivity index (χ4v) is 8.37. The molecule has 1 aliphatic carbocycles. The standard InChI is InChI=1S/C24H34N2O4S2/c27-24(26(21-10-14-31-17-21)16-22-5-2-13-30-22)19-8-11-25(12-9-19)32(28,29)23-7-6-18-3-1-4-20(18)15-23/h6-7,15,19,21-22H,1-5,8-14,16-17H2. The fraction of sp³-hybridized carbons (Fsp3) is 0.708. The third-order valence-electron chi connectivity index (χ3n) is 7.56. The second-order valence-corrected chi connectivity index (χ2v) is 12.7. The maximum atomic E-state index is 13.5. The number of rotatable bonds is 6. The van der Waals surface area contributed by atoms with Crippen LogP contribution in [0.5, 0.6) is 0 Å². The number of carbonyl (C=O) groups excluding carboxylic acids is 1. The van der Waals surface area contributed by atoms with Gasteiger partial charge in [0.2, 0.25) is 15.9 Å². The summed E-state index contributed by atoms with van der Waals surface area (Å²) in [5.74, 6) is 2.23. The van der Waals surface area contributed by atoms with Crippen molar-refractivity contribution in [3.05, 3.63) is 29.3 Å². The summed E-state index contributed by atoms with van der Waals surface area (Å²) < 4.78 is 33.9. The topological polar surface area (TPSA) is 66.9 Å². The van der Waals surface area contributed by atoms with Crippen LogP contribution in [0.4, 0.5) is 0 Å². The second kappa shape index (κ2) is 9.65. The molecule has 1 aromatic rings. The van der Waals surface area contributed by atoms with Crippen LogP contribution in [-0.2, 0) is 32.4 Å². The van der Waals surface area contributed by atoms with Gasteiger partial charge in [0.15, 0.2) is 0 Å². The van der Waals surface area contributed by atoms with Crippen molar-refractivity contribution in [2.24, 2.45) is 5.92 Å². The number of fused-ring (bicyclic) bond motifs is 1. The molecule has 3 aliphatic heterocycles. The van der Waals surface area contributed by atoms with Gasteiger partial charge in [-0.3, -0.25) is 4.79 Å². The molecule has 0 radical (unpaired) electrons. The number of thioether (sulfide) groups is 1. The number of hydrogen-bond donors (Lipinski definition) is 0. The minimum absolute atomic E-state index is 0.0894. The summed E-state index contributed by atoms with van der Waals surface area (Å²) in [7, 11) is -3.50. The Morgan fingerprint density at radius 3 is 2.62 bits per heavy atom. The number of ether oxygens (including phenoxy) is 1. The average molecular weight is 479 g/mol. The highest BCUT2D eigenvalue weighted by Gasteiger charge is 2.38. The number of piperidine rings is 1. The Bertz CT molecular complexity index is 931. The van der Waals surface area contributed by atoms with Gasteiger partial charge in [-0.2, -0.15) is 16.1 Å². The third-order valence-corrected chi connectivity index (χ3v) is 10.6. The summed E-state index contributed by atoms with van der Waals surface area (Å²) in [4.78, 5) is 16.0. The molecule has 1 amide bonds. The van der Waals surface area contributed by atoms with Gasteiger partial charge in [-0.1, -0.05) is 6.07 Å². The molecule has 4 aliphatic rings. The van der Waals surface area contributed by atoms with E-state index < -0.39 is 10.0 Å². The minimum Gasteiger partial charge on any atom is -0.376 e. The van der Waals surface area contributed by atoms with E-state index in [9.17, 15) is 13.2 Å². The molecule has 0 bridgehead atoms. The molecule has 0 N–H and O–H groups in total. The Morgan fingerprint density at radius 2 is 1.91 bits per heavy atom. The highest BCUT2D eigenvalue weighted by Crippen LogP contribution is 2.31. The summed E-state index contributed by atoms with van der Waals surface area (Å²) in [6.07, 6.45) is 7.63. The molecule has 1 aromatic carbocycles. The molecule has 176 valence electrons. The lowest BCUT2D eigenvalue weighted by molar-refractivity contribution is -0.140. The van der Waals surface area contributed by atoms with Crippen molar-refractivity contribution in [2.45, 2.75) is 68.4 Å². The van der Waals surface area contributed by atoms with Crippen LogP contribution in [0.2, 0.25) is 0 Å². The van der Waals surface area contributed by atoms with Gasteiger partial charge in [-0.05, 0) is 80.4 Å². The monoisotopic (exact) mass is 478 g/mol. The first-order valence-electron chi connectivity index (χ1n) is 12.1. The summed E-state index contributed by atoms with van der Waals surface area (Å²) in [6.45, 7) is 2.33. The Morgan fingerprint density at radius 1 is 1.09 bits per heavy atom. The first kappa shape index (κ1) is 22.7. The zero-order valence-corrected chi connectivity index (χ0v) is 20.3. The smallest absolute Gasteiger partial charge is 0.243 e. The lowest BCUT2D eigenvalue weighted by atomic mass is 9.95. The van der Waals surface area contributed by atoms with Crippen LogP contribution >= 0.6 is 11.8 Å². The molecule has 5 rings (SSSR count). The van der Waals surface area contributed by atoms with Crippen molar-refractivity contribution < 1.29 is 17.9 Å². The summed E-state index contributed by atoms with van der Waals surface area (Å²) in [6, 6.07) is 5.91. The van der Waals surface area contributed by atoms with E-state index in [0.29, 0.717) is 43.4 Å². The van der Waals surface area contributed by atoms with Gasteiger partial charge < -0.3 is 9.64 Å². The molecule has 0 aromatic heterocycles. The molecule has 3 heterocycles. The van der Waals surface area contributed by atoms with Gasteiger partial charge in [0.25, 0.3) is 0 Å². The van der Waals surface area contributed by atoms with Crippen LogP contribution in [0.15, 0.2) is 23.1 Å². The van der Waals surface area contributed by atoms with Crippen LogP contribution < -0.4 is 0 Å². The van der Waals surface area contributed by atoms with Gasteiger partial charge in [0, 0.05) is 44.0 Å². The maximum absolute atomic E-state index is 13.5. The highest BCUT2D eigenvalue weighted by molar-refractivity contribution is 7.99. The Kier molecular flexibility index (Phi) is 6.84. The van der Waals surface area contributed by atoms with Crippen LogP contribution in [0.1, 0.15) is 49.7 Å². The van der Waals surface area contributed by atoms with E-state index in [0.717, 1.165) is 56.6 Å². The van der Waals surface area contributed by atoms with Crippen molar-refractivity contribution in [1.82, 2.24) is 9.21 Å². The first-order valence-corrected chi connectivity index (χ1v) is 14.7. The number of nitrogens with zero attached hydrogens (tertiary/aromatic N) is 2. The fourth-order valence-electron chi connectivity index (χ4n) is 5.63. The molecular weight excluding hydrogens is 444 g/mol. The SMILES string of the molecule is O=C(C1CCN(S(=O)(=O)c2ccc3c(c2)CCC3)CC1)N(CC1CCCO1)C1CCSC1. The predicted octanol–water partition coefficient (Wildman–Crippen LogP) is 3.09. The van der Waals surface area contributed by atoms with Gasteiger partial charge in [-0.15, -0.1) is 0 Å². The normalized spacial score (nSPS) is 27.0. The van der Waals surface area contributed by atoms with Crippen LogP contribution in [0.3, 0.4) is 0 Å². The highest BCUT2D eigenvalue weighted by atomic mass is 32.2. The zero-order chi connectivity index (χ0) is 22.1. The van der Waals surface area contributed by atoms with Crippen molar-refractivity contribution >= 4 is 27.7 Å². The van der Waals surface area contributed by atoms with Crippen LogP contribution in [0, 0.1) is 5.92 Å². The average Bonchev–Trinajstić information content (AvgIpc) is 3.59. The van der Waals surface area contributed by atoms with Crippen LogP contribution in [-0.4, -0.2) is 73.4 Å². The zero-order valence-electron chi connectivity index (χ0n) is 18.7. The van der Waals surface area contributed by atoms with Gasteiger partial charge in [0.1, 0.15) is 0 Å².